The van der Waals surface area contributed by atoms with Gasteiger partial charge in [-0.15, -0.1) is 11.3 Å². The smallest absolute Gasteiger partial charge is 0.349 e. The first-order valence-corrected chi connectivity index (χ1v) is 14.9. The van der Waals surface area contributed by atoms with Gasteiger partial charge >= 0.3 is 11.9 Å². The van der Waals surface area contributed by atoms with Gasteiger partial charge in [-0.2, -0.15) is 0 Å². The quantitative estimate of drug-likeness (QED) is 0.262. The van der Waals surface area contributed by atoms with Crippen molar-refractivity contribution in [1.82, 2.24) is 5.32 Å². The van der Waals surface area contributed by atoms with E-state index in [4.69, 9.17) is 9.84 Å². The Morgan fingerprint density at radius 2 is 1.80 bits per heavy atom. The zero-order chi connectivity index (χ0) is 28.9. The van der Waals surface area contributed by atoms with E-state index in [-0.39, 0.29) is 28.3 Å². The highest BCUT2D eigenvalue weighted by Crippen LogP contribution is 2.39. The number of sulfonamides is 1. The number of hydrogen-bond acceptors (Lipinski definition) is 8. The number of ether oxygens (including phenoxy) is 1. The number of carboxylic acid groups (broad SMARTS) is 2. The van der Waals surface area contributed by atoms with Gasteiger partial charge in [0.25, 0.3) is 0 Å². The van der Waals surface area contributed by atoms with E-state index >= 15 is 0 Å². The summed E-state index contributed by atoms with van der Waals surface area (Å²) < 4.78 is 34.7. The fourth-order valence-corrected chi connectivity index (χ4v) is 7.39. The number of anilines is 2. The molecule has 2 heterocycles. The molecule has 0 unspecified atom stereocenters. The molecule has 13 heteroatoms. The molecular weight excluding hydrogens is 558 g/mol. The SMILES string of the molecule is CC(=O)Nc1ccccc1CS(=O)(=O)N(c1cccc(-c2cc(OCC(=O)O)c(C(=O)O)s2)c1)C1CCNCC1. The lowest BCUT2D eigenvalue weighted by Gasteiger charge is -2.35. The first-order chi connectivity index (χ1) is 19.0. The summed E-state index contributed by atoms with van der Waals surface area (Å²) in [6.45, 7) is 1.96. The summed E-state index contributed by atoms with van der Waals surface area (Å²) in [5.74, 6) is -3.22. The van der Waals surface area contributed by atoms with Crippen LogP contribution in [0.3, 0.4) is 0 Å². The molecule has 0 spiro atoms. The van der Waals surface area contributed by atoms with Crippen LogP contribution in [-0.2, 0) is 25.4 Å². The van der Waals surface area contributed by atoms with Crippen LogP contribution in [0.15, 0.2) is 54.6 Å². The zero-order valence-electron chi connectivity index (χ0n) is 21.6. The van der Waals surface area contributed by atoms with E-state index in [9.17, 15) is 27.9 Å². The van der Waals surface area contributed by atoms with Gasteiger partial charge in [0.2, 0.25) is 15.9 Å². The molecule has 4 rings (SSSR count). The first-order valence-electron chi connectivity index (χ1n) is 12.5. The second-order valence-electron chi connectivity index (χ2n) is 9.21. The fourth-order valence-electron chi connectivity index (χ4n) is 4.57. The number of hydrogen-bond donors (Lipinski definition) is 4. The van der Waals surface area contributed by atoms with Gasteiger partial charge in [0.15, 0.2) is 11.5 Å². The second-order valence-corrected chi connectivity index (χ2v) is 12.1. The molecule has 1 saturated heterocycles. The molecule has 3 aromatic rings. The lowest BCUT2D eigenvalue weighted by Crippen LogP contribution is -2.46. The lowest BCUT2D eigenvalue weighted by molar-refractivity contribution is -0.139. The van der Waals surface area contributed by atoms with Crippen LogP contribution >= 0.6 is 11.3 Å². The van der Waals surface area contributed by atoms with Crippen molar-refractivity contribution in [2.75, 3.05) is 29.3 Å². The van der Waals surface area contributed by atoms with Gasteiger partial charge in [0.05, 0.1) is 11.4 Å². The van der Waals surface area contributed by atoms with Crippen molar-refractivity contribution in [2.45, 2.75) is 31.6 Å². The van der Waals surface area contributed by atoms with Gasteiger partial charge < -0.3 is 25.6 Å². The summed E-state index contributed by atoms with van der Waals surface area (Å²) in [5.41, 5.74) is 1.85. The molecule has 1 amide bonds. The summed E-state index contributed by atoms with van der Waals surface area (Å²) >= 11 is 0.910. The highest BCUT2D eigenvalue weighted by Gasteiger charge is 2.32. The monoisotopic (exact) mass is 587 g/mol. The van der Waals surface area contributed by atoms with E-state index in [1.165, 1.54) is 17.3 Å². The number of carbonyl (C=O) groups is 3. The third kappa shape index (κ3) is 6.97. The van der Waals surface area contributed by atoms with E-state index in [0.29, 0.717) is 53.3 Å². The maximum atomic E-state index is 14.0. The number of piperidine rings is 1. The molecule has 1 aliphatic rings. The molecule has 0 radical (unpaired) electrons. The summed E-state index contributed by atoms with van der Waals surface area (Å²) in [6.07, 6.45) is 1.18. The molecule has 40 heavy (non-hydrogen) atoms. The molecular formula is C27H29N3O8S2. The average Bonchev–Trinajstić information content (AvgIpc) is 3.34. The second kappa shape index (κ2) is 12.5. The van der Waals surface area contributed by atoms with Gasteiger partial charge in [0.1, 0.15) is 5.75 Å². The summed E-state index contributed by atoms with van der Waals surface area (Å²) in [4.78, 5) is 34.7. The van der Waals surface area contributed by atoms with Crippen LogP contribution < -0.4 is 19.7 Å². The summed E-state index contributed by atoms with van der Waals surface area (Å²) in [5, 5.41) is 24.5. The number of carboxylic acids is 2. The van der Waals surface area contributed by atoms with Crippen LogP contribution in [0.5, 0.6) is 5.75 Å². The minimum Gasteiger partial charge on any atom is -0.480 e. The molecule has 0 saturated carbocycles. The topological polar surface area (TPSA) is 162 Å². The standard InChI is InChI=1S/C27H29N3O8S2/c1-17(31)29-22-8-3-2-5-19(22)16-40(36,37)30(20-9-11-28-12-10-20)21-7-4-6-18(13-21)24-14-23(38-15-25(32)33)26(39-24)27(34)35/h2-8,13-14,20,28H,9-12,15-16H2,1H3,(H,29,31)(H,32,33)(H,34,35). The minimum atomic E-state index is -3.95. The van der Waals surface area contributed by atoms with Crippen molar-refractivity contribution < 1.29 is 37.8 Å². The van der Waals surface area contributed by atoms with E-state index < -0.39 is 28.6 Å². The number of aromatic carboxylic acids is 1. The van der Waals surface area contributed by atoms with Crippen LogP contribution in [0.2, 0.25) is 0 Å². The molecule has 1 aromatic heterocycles. The molecule has 212 valence electrons. The third-order valence-electron chi connectivity index (χ3n) is 6.23. The Kier molecular flexibility index (Phi) is 9.07. The molecule has 11 nitrogen and oxygen atoms in total. The number of thiophene rings is 1. The molecule has 4 N–H and O–H groups in total. The number of benzene rings is 2. The van der Waals surface area contributed by atoms with Crippen molar-refractivity contribution in [3.05, 3.63) is 65.0 Å². The minimum absolute atomic E-state index is 0.0716. The molecule has 1 aliphatic heterocycles. The Balaban J connectivity index is 1.73. The van der Waals surface area contributed by atoms with Crippen LogP contribution in [0.25, 0.3) is 10.4 Å². The van der Waals surface area contributed by atoms with Gasteiger partial charge in [-0.05, 0) is 61.3 Å². The van der Waals surface area contributed by atoms with Gasteiger partial charge in [-0.25, -0.2) is 18.0 Å². The highest BCUT2D eigenvalue weighted by molar-refractivity contribution is 7.92. The van der Waals surface area contributed by atoms with Crippen molar-refractivity contribution in [3.8, 4) is 16.2 Å². The van der Waals surface area contributed by atoms with Crippen molar-refractivity contribution >= 4 is 50.6 Å². The van der Waals surface area contributed by atoms with Gasteiger partial charge in [0, 0.05) is 23.5 Å². The number of nitrogens with one attached hydrogen (secondary N) is 2. The number of rotatable bonds is 11. The Hall–Kier alpha value is -3.94. The Morgan fingerprint density at radius 1 is 1.07 bits per heavy atom. The van der Waals surface area contributed by atoms with Crippen molar-refractivity contribution in [1.29, 1.82) is 0 Å². The fraction of sp³-hybridized carbons (Fsp3) is 0.296. The number of aliphatic carboxylic acids is 1. The van der Waals surface area contributed by atoms with Crippen molar-refractivity contribution in [2.24, 2.45) is 0 Å². The van der Waals surface area contributed by atoms with Crippen LogP contribution in [-0.4, -0.2) is 62.2 Å². The predicted molar refractivity (Wildman–Crippen MR) is 152 cm³/mol. The normalized spacial score (nSPS) is 13.9. The molecule has 0 aliphatic carbocycles. The van der Waals surface area contributed by atoms with E-state index in [1.807, 2.05) is 0 Å². The Bertz CT molecular complexity index is 1510. The first kappa shape index (κ1) is 29.1. The van der Waals surface area contributed by atoms with E-state index in [1.54, 1.807) is 48.5 Å². The van der Waals surface area contributed by atoms with Crippen molar-refractivity contribution in [3.63, 3.8) is 0 Å². The van der Waals surface area contributed by atoms with E-state index in [0.717, 1.165) is 11.3 Å². The molecule has 1 fully saturated rings. The number of carbonyl (C=O) groups excluding carboxylic acids is 1. The van der Waals surface area contributed by atoms with Crippen LogP contribution in [0, 0.1) is 0 Å². The molecule has 0 atom stereocenters. The predicted octanol–water partition coefficient (Wildman–Crippen LogP) is 3.62. The maximum Gasteiger partial charge on any atom is 0.349 e. The summed E-state index contributed by atoms with van der Waals surface area (Å²) in [7, 11) is -3.95. The maximum absolute atomic E-state index is 14.0. The molecule has 0 bridgehead atoms. The molecule has 2 aromatic carbocycles. The van der Waals surface area contributed by atoms with Crippen LogP contribution in [0.4, 0.5) is 11.4 Å². The Morgan fingerprint density at radius 3 is 2.48 bits per heavy atom. The largest absolute Gasteiger partial charge is 0.480 e. The average molecular weight is 588 g/mol. The lowest BCUT2D eigenvalue weighted by atomic mass is 10.1. The van der Waals surface area contributed by atoms with Gasteiger partial charge in [-0.3, -0.25) is 9.10 Å². The third-order valence-corrected chi connectivity index (χ3v) is 9.17. The van der Waals surface area contributed by atoms with E-state index in [2.05, 4.69) is 10.6 Å². The zero-order valence-corrected chi connectivity index (χ0v) is 23.3. The number of para-hydroxylation sites is 1. The number of amides is 1. The summed E-state index contributed by atoms with van der Waals surface area (Å²) in [6, 6.07) is 14.7. The van der Waals surface area contributed by atoms with Gasteiger partial charge in [-0.1, -0.05) is 30.3 Å². The Labute approximate surface area is 235 Å². The van der Waals surface area contributed by atoms with Crippen LogP contribution in [0.1, 0.15) is 35.0 Å². The number of nitrogens with zero attached hydrogens (tertiary/aromatic N) is 1. The highest BCUT2D eigenvalue weighted by atomic mass is 32.2.